The summed E-state index contributed by atoms with van der Waals surface area (Å²) in [5.41, 5.74) is -3.07. The Kier molecular flexibility index (Phi) is 21.1. The Balaban J connectivity index is 1.47. The van der Waals surface area contributed by atoms with E-state index in [-0.39, 0.29) is 48.6 Å². The number of carbonyl (C=O) groups is 2. The fourth-order valence-corrected chi connectivity index (χ4v) is 12.2. The minimum Gasteiger partial charge on any atom is -0.462 e. The van der Waals surface area contributed by atoms with E-state index in [9.17, 15) is 9.13 Å². The number of hydrogen-bond acceptors (Lipinski definition) is 13. The van der Waals surface area contributed by atoms with Crippen LogP contribution in [-0.2, 0) is 37.2 Å². The Hall–Kier alpha value is -5.03. The molecule has 0 amide bonds. The van der Waals surface area contributed by atoms with Gasteiger partial charge in [-0.1, -0.05) is 165 Å². The molecule has 5 aromatic carbocycles. The molecule has 12 nitrogen and oxygen atoms in total. The van der Waals surface area contributed by atoms with Crippen LogP contribution in [-0.4, -0.2) is 48.4 Å². The minimum absolute atomic E-state index is 0.0362. The Morgan fingerprint density at radius 3 is 1.31 bits per heavy atom. The van der Waals surface area contributed by atoms with Crippen molar-refractivity contribution in [3.05, 3.63) is 157 Å². The second-order valence-electron chi connectivity index (χ2n) is 21.2. The summed E-state index contributed by atoms with van der Waals surface area (Å²) in [6.45, 7) is 21.5. The molecule has 0 aliphatic rings. The highest BCUT2D eigenvalue weighted by Crippen LogP contribution is 2.59. The fraction of sp³-hybridized carbons (Fsp3) is 0.458. The quantitative estimate of drug-likeness (QED) is 0.0318. The van der Waals surface area contributed by atoms with Gasteiger partial charge in [0, 0.05) is 4.75 Å². The number of phosphoric acid groups is 2. The van der Waals surface area contributed by atoms with Gasteiger partial charge in [0.2, 0.25) is 0 Å². The van der Waals surface area contributed by atoms with Gasteiger partial charge in [-0.2, -0.15) is 11.8 Å². The third-order valence-corrected chi connectivity index (χ3v) is 18.3. The average Bonchev–Trinajstić information content (AvgIpc) is 3.37. The zero-order chi connectivity index (χ0) is 54.3. The van der Waals surface area contributed by atoms with Crippen LogP contribution < -0.4 is 18.1 Å². The van der Waals surface area contributed by atoms with E-state index in [1.54, 1.807) is 109 Å². The highest BCUT2D eigenvalue weighted by molar-refractivity contribution is 7.99. The van der Waals surface area contributed by atoms with Crippen molar-refractivity contribution in [1.82, 2.24) is 0 Å². The van der Waals surface area contributed by atoms with Gasteiger partial charge in [-0.05, 0) is 123 Å². The van der Waals surface area contributed by atoms with E-state index in [0.29, 0.717) is 25.7 Å². The monoisotopic (exact) mass is 1070 g/mol. The summed E-state index contributed by atoms with van der Waals surface area (Å²) in [7, 11) is -8.68. The van der Waals surface area contributed by atoms with Crippen molar-refractivity contribution in [3.63, 3.8) is 0 Å². The predicted octanol–water partition coefficient (Wildman–Crippen LogP) is 16.4. The van der Waals surface area contributed by atoms with Crippen LogP contribution in [0.1, 0.15) is 120 Å². The van der Waals surface area contributed by atoms with Crippen LogP contribution >= 0.6 is 27.4 Å². The largest absolute Gasteiger partial charge is 0.587 e. The summed E-state index contributed by atoms with van der Waals surface area (Å²) < 4.78 is 77.1. The highest BCUT2D eigenvalue weighted by Gasteiger charge is 2.59. The first kappa shape index (κ1) is 59.8. The Labute approximate surface area is 445 Å². The molecule has 0 aliphatic heterocycles. The first-order valence-corrected chi connectivity index (χ1v) is 29.5. The van der Waals surface area contributed by atoms with Crippen molar-refractivity contribution in [3.8, 4) is 23.0 Å². The molecular weight excluding hydrogens is 995 g/mol. The van der Waals surface area contributed by atoms with Crippen LogP contribution in [0.25, 0.3) is 0 Å². The molecule has 0 aromatic heterocycles. The number of hydrogen-bond donors (Lipinski definition) is 0. The number of esters is 2. The topological polar surface area (TPSA) is 142 Å². The van der Waals surface area contributed by atoms with Crippen molar-refractivity contribution in [2.45, 2.75) is 131 Å². The molecule has 5 atom stereocenters. The minimum atomic E-state index is -4.36. The van der Waals surface area contributed by atoms with E-state index in [2.05, 4.69) is 46.8 Å². The molecular formula is C59H78O12P2S. The van der Waals surface area contributed by atoms with Crippen LogP contribution in [0.15, 0.2) is 152 Å². The maximum Gasteiger partial charge on any atom is 0.587 e. The summed E-state index contributed by atoms with van der Waals surface area (Å²) >= 11 is 1.63. The zero-order valence-corrected chi connectivity index (χ0v) is 47.9. The summed E-state index contributed by atoms with van der Waals surface area (Å²) in [4.78, 5) is 30.7. The van der Waals surface area contributed by atoms with E-state index >= 15 is 9.59 Å². The lowest BCUT2D eigenvalue weighted by Gasteiger charge is -2.53. The molecule has 5 unspecified atom stereocenters. The summed E-state index contributed by atoms with van der Waals surface area (Å²) in [5, 5.41) is 0. The molecule has 15 heteroatoms. The number of benzene rings is 5. The van der Waals surface area contributed by atoms with Crippen LogP contribution in [0.3, 0.4) is 0 Å². The normalized spacial score (nSPS) is 15.3. The molecule has 0 radical (unpaired) electrons. The molecule has 74 heavy (non-hydrogen) atoms. The van der Waals surface area contributed by atoms with Crippen LogP contribution in [0.5, 0.6) is 23.0 Å². The van der Waals surface area contributed by atoms with Gasteiger partial charge in [0.05, 0.1) is 17.4 Å². The fourth-order valence-electron chi connectivity index (χ4n) is 9.07. The first-order valence-electron chi connectivity index (χ1n) is 25.4. The first-order chi connectivity index (χ1) is 34.9. The Bertz CT molecular complexity index is 2510. The summed E-state index contributed by atoms with van der Waals surface area (Å²) in [6, 6.07) is 44.6. The molecule has 0 spiro atoms. The Morgan fingerprint density at radius 2 is 0.905 bits per heavy atom. The lowest BCUT2D eigenvalue weighted by atomic mass is 9.51. The Morgan fingerprint density at radius 1 is 0.514 bits per heavy atom. The third kappa shape index (κ3) is 16.5. The van der Waals surface area contributed by atoms with Crippen molar-refractivity contribution in [2.75, 3.05) is 19.5 Å². The van der Waals surface area contributed by atoms with Crippen LogP contribution in [0.2, 0.25) is 0 Å². The molecule has 0 N–H and O–H groups in total. The van der Waals surface area contributed by atoms with E-state index in [1.807, 2.05) is 90.3 Å². The van der Waals surface area contributed by atoms with Gasteiger partial charge in [0.25, 0.3) is 0 Å². The van der Waals surface area contributed by atoms with Gasteiger partial charge in [-0.3, -0.25) is 18.6 Å². The number of ether oxygens (including phenoxy) is 2. The van der Waals surface area contributed by atoms with Gasteiger partial charge in [-0.15, -0.1) is 0 Å². The van der Waals surface area contributed by atoms with Gasteiger partial charge in [-0.25, -0.2) is 9.13 Å². The molecule has 0 aliphatic carbocycles. The van der Waals surface area contributed by atoms with E-state index in [4.69, 9.17) is 36.6 Å². The van der Waals surface area contributed by atoms with E-state index in [0.717, 1.165) is 5.56 Å². The van der Waals surface area contributed by atoms with Crippen molar-refractivity contribution >= 4 is 39.3 Å². The SMILES string of the molecule is CCC(COP(=O)(Oc1ccccc1)Oc1ccccc1)OC(=O)C(C)(CC(C)(C)SC)C(C)(C)CC(C)(C(=O)OCC(CC)OP(=O)(Oc1ccccc1)Oc1ccccc1)C(C)(C)CC(C)c1ccccc1. The summed E-state index contributed by atoms with van der Waals surface area (Å²) in [6.07, 6.45) is 2.00. The van der Waals surface area contributed by atoms with Crippen molar-refractivity contribution in [2.24, 2.45) is 21.7 Å². The molecule has 0 heterocycles. The van der Waals surface area contributed by atoms with Crippen molar-refractivity contribution in [1.29, 1.82) is 0 Å². The van der Waals surface area contributed by atoms with E-state index in [1.165, 1.54) is 0 Å². The number of para-hydroxylation sites is 4. The standard InChI is InChI=1S/C59H78O12P2S/c1-13-47(42-65-72(62,68-49-32-22-16-23-33-49)69-50-34-24-17-25-35-50)66-54(61)59(11,44-57(8,9)74-12)56(6,7)43-58(10,55(4,5)40-45(3)46-30-20-15-21-31-46)53(60)64-41-48(14-2)67-73(63,70-51-36-26-18-27-37-51)71-52-38-28-19-29-39-52/h15-39,45,47-48H,13-14,40-44H2,1-12H3. The molecule has 5 rings (SSSR count). The number of carbonyl (C=O) groups excluding carboxylic acids is 2. The van der Waals surface area contributed by atoms with E-state index < -0.39 is 66.2 Å². The summed E-state index contributed by atoms with van der Waals surface area (Å²) in [5.74, 6) is 0.143. The maximum absolute atomic E-state index is 15.4. The van der Waals surface area contributed by atoms with Gasteiger partial charge >= 0.3 is 27.6 Å². The predicted molar refractivity (Wildman–Crippen MR) is 296 cm³/mol. The van der Waals surface area contributed by atoms with Crippen LogP contribution in [0.4, 0.5) is 0 Å². The van der Waals surface area contributed by atoms with Gasteiger partial charge < -0.3 is 27.6 Å². The zero-order valence-electron chi connectivity index (χ0n) is 45.3. The lowest BCUT2D eigenvalue weighted by molar-refractivity contribution is -0.182. The average molecular weight is 1070 g/mol. The molecule has 0 saturated carbocycles. The molecule has 0 fully saturated rings. The van der Waals surface area contributed by atoms with Gasteiger partial charge in [0.15, 0.2) is 0 Å². The molecule has 5 aromatic rings. The second kappa shape index (κ2) is 26.1. The number of thioether (sulfide) groups is 1. The second-order valence-corrected chi connectivity index (χ2v) is 25.7. The smallest absolute Gasteiger partial charge is 0.462 e. The lowest BCUT2D eigenvalue weighted by Crippen LogP contribution is -2.54. The van der Waals surface area contributed by atoms with Crippen molar-refractivity contribution < 1.29 is 55.3 Å². The van der Waals surface area contributed by atoms with Gasteiger partial charge in [0.1, 0.15) is 41.8 Å². The number of rotatable bonds is 30. The highest BCUT2D eigenvalue weighted by atomic mass is 32.2. The molecule has 0 saturated heterocycles. The maximum atomic E-state index is 15.4. The van der Waals surface area contributed by atoms with Crippen LogP contribution in [0, 0.1) is 21.7 Å². The number of phosphoric ester groups is 2. The molecule has 402 valence electrons. The molecule has 0 bridgehead atoms. The third-order valence-electron chi connectivity index (χ3n) is 14.3.